The second-order valence-electron chi connectivity index (χ2n) is 5.37. The molecule has 0 saturated heterocycles. The first-order chi connectivity index (χ1) is 9.46. The smallest absolute Gasteiger partial charge is 0.162 e. The molecule has 0 aliphatic rings. The lowest BCUT2D eigenvalue weighted by Crippen LogP contribution is -2.29. The largest absolute Gasteiger partial charge is 0.493 e. The van der Waals surface area contributed by atoms with E-state index in [-0.39, 0.29) is 6.04 Å². The van der Waals surface area contributed by atoms with Gasteiger partial charge in [0.2, 0.25) is 0 Å². The zero-order chi connectivity index (χ0) is 15.3. The van der Waals surface area contributed by atoms with Crippen LogP contribution in [0.3, 0.4) is 0 Å². The summed E-state index contributed by atoms with van der Waals surface area (Å²) in [4.78, 5) is 0. The standard InChI is InChI=1S/C16H26ClNO2/c1-7-18-16(11(4)10(2)3)12-8-14(19-5)15(20-6)9-13(12)17/h8-11,16,18H,7H2,1-6H3. The van der Waals surface area contributed by atoms with E-state index in [1.54, 1.807) is 14.2 Å². The lowest BCUT2D eigenvalue weighted by Gasteiger charge is -2.29. The van der Waals surface area contributed by atoms with Crippen LogP contribution in [0, 0.1) is 11.8 Å². The van der Waals surface area contributed by atoms with Gasteiger partial charge in [0, 0.05) is 17.1 Å². The normalized spacial score (nSPS) is 14.2. The molecule has 0 heterocycles. The van der Waals surface area contributed by atoms with E-state index in [0.29, 0.717) is 28.4 Å². The number of methoxy groups -OCH3 is 2. The fourth-order valence-corrected chi connectivity index (χ4v) is 2.56. The zero-order valence-electron chi connectivity index (χ0n) is 13.3. The number of nitrogens with one attached hydrogen (secondary N) is 1. The molecule has 1 rings (SSSR count). The number of rotatable bonds is 7. The third-order valence-electron chi connectivity index (χ3n) is 3.84. The molecule has 0 aromatic heterocycles. The van der Waals surface area contributed by atoms with Crippen molar-refractivity contribution in [2.45, 2.75) is 33.7 Å². The molecule has 0 amide bonds. The van der Waals surface area contributed by atoms with Gasteiger partial charge >= 0.3 is 0 Å². The predicted octanol–water partition coefficient (Wildman–Crippen LogP) is 4.30. The number of hydrogen-bond donors (Lipinski definition) is 1. The van der Waals surface area contributed by atoms with Gasteiger partial charge in [0.05, 0.1) is 14.2 Å². The second kappa shape index (κ2) is 7.75. The predicted molar refractivity (Wildman–Crippen MR) is 85.0 cm³/mol. The van der Waals surface area contributed by atoms with Crippen LogP contribution in [0.25, 0.3) is 0 Å². The summed E-state index contributed by atoms with van der Waals surface area (Å²) in [6.07, 6.45) is 0. The van der Waals surface area contributed by atoms with E-state index < -0.39 is 0 Å². The van der Waals surface area contributed by atoms with Crippen molar-refractivity contribution in [3.8, 4) is 11.5 Å². The van der Waals surface area contributed by atoms with Gasteiger partial charge in [-0.25, -0.2) is 0 Å². The van der Waals surface area contributed by atoms with Crippen molar-refractivity contribution in [1.29, 1.82) is 0 Å². The highest BCUT2D eigenvalue weighted by Crippen LogP contribution is 2.39. The van der Waals surface area contributed by atoms with Crippen molar-refractivity contribution in [3.63, 3.8) is 0 Å². The van der Waals surface area contributed by atoms with E-state index in [2.05, 4.69) is 33.0 Å². The minimum absolute atomic E-state index is 0.201. The Labute approximate surface area is 127 Å². The molecular weight excluding hydrogens is 274 g/mol. The zero-order valence-corrected chi connectivity index (χ0v) is 14.0. The van der Waals surface area contributed by atoms with Crippen LogP contribution in [0.1, 0.15) is 39.3 Å². The highest BCUT2D eigenvalue weighted by molar-refractivity contribution is 6.31. The lowest BCUT2D eigenvalue weighted by atomic mass is 9.86. The van der Waals surface area contributed by atoms with Gasteiger partial charge in [0.25, 0.3) is 0 Å². The Morgan fingerprint density at radius 1 is 1.10 bits per heavy atom. The quantitative estimate of drug-likeness (QED) is 0.814. The van der Waals surface area contributed by atoms with Gasteiger partial charge < -0.3 is 14.8 Å². The maximum atomic E-state index is 6.44. The fraction of sp³-hybridized carbons (Fsp3) is 0.625. The Morgan fingerprint density at radius 3 is 2.10 bits per heavy atom. The topological polar surface area (TPSA) is 30.5 Å². The molecule has 114 valence electrons. The first-order valence-electron chi connectivity index (χ1n) is 7.11. The van der Waals surface area contributed by atoms with Gasteiger partial charge in [-0.05, 0) is 30.0 Å². The van der Waals surface area contributed by atoms with E-state index in [9.17, 15) is 0 Å². The van der Waals surface area contributed by atoms with Crippen molar-refractivity contribution < 1.29 is 9.47 Å². The molecule has 1 aromatic carbocycles. The number of ether oxygens (including phenoxy) is 2. The second-order valence-corrected chi connectivity index (χ2v) is 5.77. The molecule has 2 unspecified atom stereocenters. The number of halogens is 1. The molecule has 0 aliphatic heterocycles. The summed E-state index contributed by atoms with van der Waals surface area (Å²) in [6.45, 7) is 9.69. The average molecular weight is 300 g/mol. The first kappa shape index (κ1) is 17.1. The lowest BCUT2D eigenvalue weighted by molar-refractivity contribution is 0.305. The van der Waals surface area contributed by atoms with E-state index >= 15 is 0 Å². The summed E-state index contributed by atoms with van der Waals surface area (Å²) in [5.41, 5.74) is 1.06. The molecular formula is C16H26ClNO2. The Hall–Kier alpha value is -0.930. The SMILES string of the molecule is CCNC(c1cc(OC)c(OC)cc1Cl)C(C)C(C)C. The van der Waals surface area contributed by atoms with Gasteiger partial charge in [-0.15, -0.1) is 0 Å². The Morgan fingerprint density at radius 2 is 1.65 bits per heavy atom. The minimum Gasteiger partial charge on any atom is -0.493 e. The van der Waals surface area contributed by atoms with Crippen LogP contribution in [-0.4, -0.2) is 20.8 Å². The summed E-state index contributed by atoms with van der Waals surface area (Å²) in [6, 6.07) is 4.01. The van der Waals surface area contributed by atoms with Crippen molar-refractivity contribution in [2.75, 3.05) is 20.8 Å². The molecule has 0 aliphatic carbocycles. The van der Waals surface area contributed by atoms with E-state index in [1.807, 2.05) is 12.1 Å². The van der Waals surface area contributed by atoms with Gasteiger partial charge in [0.15, 0.2) is 11.5 Å². The Kier molecular flexibility index (Phi) is 6.63. The number of benzene rings is 1. The van der Waals surface area contributed by atoms with E-state index in [0.717, 1.165) is 12.1 Å². The maximum Gasteiger partial charge on any atom is 0.162 e. The third kappa shape index (κ3) is 3.80. The third-order valence-corrected chi connectivity index (χ3v) is 4.17. The van der Waals surface area contributed by atoms with E-state index in [4.69, 9.17) is 21.1 Å². The van der Waals surface area contributed by atoms with Crippen LogP contribution in [0.15, 0.2) is 12.1 Å². The van der Waals surface area contributed by atoms with Crippen molar-refractivity contribution >= 4 is 11.6 Å². The summed E-state index contributed by atoms with van der Waals surface area (Å²) >= 11 is 6.44. The van der Waals surface area contributed by atoms with Gasteiger partial charge in [-0.3, -0.25) is 0 Å². The van der Waals surface area contributed by atoms with Gasteiger partial charge in [0.1, 0.15) is 0 Å². The summed E-state index contributed by atoms with van der Waals surface area (Å²) in [5.74, 6) is 2.40. The molecule has 2 atom stereocenters. The van der Waals surface area contributed by atoms with Crippen LogP contribution in [0.5, 0.6) is 11.5 Å². The molecule has 1 N–H and O–H groups in total. The van der Waals surface area contributed by atoms with Crippen molar-refractivity contribution in [1.82, 2.24) is 5.32 Å². The Bertz CT molecular complexity index is 435. The molecule has 1 aromatic rings. The molecule has 0 radical (unpaired) electrons. The van der Waals surface area contributed by atoms with Gasteiger partial charge in [-0.1, -0.05) is 39.3 Å². The monoisotopic (exact) mass is 299 g/mol. The van der Waals surface area contributed by atoms with E-state index in [1.165, 1.54) is 0 Å². The number of hydrogen-bond acceptors (Lipinski definition) is 3. The molecule has 0 spiro atoms. The Balaban J connectivity index is 3.25. The average Bonchev–Trinajstić information content (AvgIpc) is 2.43. The summed E-state index contributed by atoms with van der Waals surface area (Å²) in [7, 11) is 3.26. The molecule has 0 bridgehead atoms. The summed E-state index contributed by atoms with van der Waals surface area (Å²) < 4.78 is 10.7. The molecule has 20 heavy (non-hydrogen) atoms. The van der Waals surface area contributed by atoms with Crippen LogP contribution >= 0.6 is 11.6 Å². The first-order valence-corrected chi connectivity index (χ1v) is 7.48. The molecule has 0 saturated carbocycles. The van der Waals surface area contributed by atoms with Crippen LogP contribution in [0.4, 0.5) is 0 Å². The maximum absolute atomic E-state index is 6.44. The molecule has 4 heteroatoms. The minimum atomic E-state index is 0.201. The van der Waals surface area contributed by atoms with Crippen LogP contribution < -0.4 is 14.8 Å². The van der Waals surface area contributed by atoms with Crippen molar-refractivity contribution in [3.05, 3.63) is 22.7 Å². The van der Waals surface area contributed by atoms with Crippen LogP contribution in [0.2, 0.25) is 5.02 Å². The van der Waals surface area contributed by atoms with Crippen LogP contribution in [-0.2, 0) is 0 Å². The fourth-order valence-electron chi connectivity index (χ4n) is 2.29. The van der Waals surface area contributed by atoms with Crippen molar-refractivity contribution in [2.24, 2.45) is 11.8 Å². The molecule has 0 fully saturated rings. The summed E-state index contributed by atoms with van der Waals surface area (Å²) in [5, 5.41) is 4.24. The highest BCUT2D eigenvalue weighted by Gasteiger charge is 2.24. The highest BCUT2D eigenvalue weighted by atomic mass is 35.5. The molecule has 3 nitrogen and oxygen atoms in total. The van der Waals surface area contributed by atoms with Gasteiger partial charge in [-0.2, -0.15) is 0 Å².